The van der Waals surface area contributed by atoms with Gasteiger partial charge in [0.25, 0.3) is 0 Å². The van der Waals surface area contributed by atoms with E-state index in [2.05, 4.69) is 0 Å². The SMILES string of the molecule is Cc1cc(O)ccc1-c1c(C)c(O)c(C)c(C)c1O. The van der Waals surface area contributed by atoms with Crippen LogP contribution < -0.4 is 0 Å². The van der Waals surface area contributed by atoms with Crippen molar-refractivity contribution in [1.82, 2.24) is 0 Å². The molecule has 0 unspecified atom stereocenters. The summed E-state index contributed by atoms with van der Waals surface area (Å²) in [6, 6.07) is 4.97. The Labute approximate surface area is 112 Å². The maximum absolute atomic E-state index is 10.4. The molecule has 3 N–H and O–H groups in total. The summed E-state index contributed by atoms with van der Waals surface area (Å²) in [5.74, 6) is 0.575. The molecule has 0 atom stereocenters. The molecule has 2 aromatic rings. The second kappa shape index (κ2) is 4.50. The number of phenols is 3. The van der Waals surface area contributed by atoms with Gasteiger partial charge in [0.1, 0.15) is 17.2 Å². The molecule has 2 aromatic carbocycles. The molecule has 2 rings (SSSR count). The highest BCUT2D eigenvalue weighted by molar-refractivity contribution is 5.81. The number of aromatic hydroxyl groups is 3. The molecule has 0 aromatic heterocycles. The Bertz CT molecular complexity index is 629. The predicted octanol–water partition coefficient (Wildman–Crippen LogP) is 3.70. The van der Waals surface area contributed by atoms with Crippen LogP contribution in [0.1, 0.15) is 22.3 Å². The number of hydrogen-bond donors (Lipinski definition) is 3. The summed E-state index contributed by atoms with van der Waals surface area (Å²) in [7, 11) is 0. The van der Waals surface area contributed by atoms with Crippen LogP contribution in [0.2, 0.25) is 0 Å². The quantitative estimate of drug-likeness (QED) is 0.683. The van der Waals surface area contributed by atoms with Gasteiger partial charge in [0.15, 0.2) is 0 Å². The third-order valence-corrected chi connectivity index (χ3v) is 3.72. The first-order valence-electron chi connectivity index (χ1n) is 6.16. The van der Waals surface area contributed by atoms with Crippen LogP contribution in [0.25, 0.3) is 11.1 Å². The van der Waals surface area contributed by atoms with Crippen molar-refractivity contribution in [2.45, 2.75) is 27.7 Å². The van der Waals surface area contributed by atoms with Crippen molar-refractivity contribution in [1.29, 1.82) is 0 Å². The first-order valence-corrected chi connectivity index (χ1v) is 6.16. The summed E-state index contributed by atoms with van der Waals surface area (Å²) >= 11 is 0. The van der Waals surface area contributed by atoms with E-state index in [1.54, 1.807) is 39.0 Å². The number of aryl methyl sites for hydroxylation is 1. The average Bonchev–Trinajstić information content (AvgIpc) is 2.37. The van der Waals surface area contributed by atoms with Gasteiger partial charge >= 0.3 is 0 Å². The van der Waals surface area contributed by atoms with E-state index in [1.807, 2.05) is 6.92 Å². The molecule has 3 heteroatoms. The highest BCUT2D eigenvalue weighted by Crippen LogP contribution is 2.43. The van der Waals surface area contributed by atoms with Crippen molar-refractivity contribution >= 4 is 0 Å². The molecule has 19 heavy (non-hydrogen) atoms. The van der Waals surface area contributed by atoms with Crippen LogP contribution >= 0.6 is 0 Å². The van der Waals surface area contributed by atoms with Gasteiger partial charge in [0, 0.05) is 11.1 Å². The molecule has 0 aliphatic carbocycles. The molecular weight excluding hydrogens is 240 g/mol. The molecule has 0 aliphatic rings. The molecule has 0 saturated carbocycles. The molecule has 3 nitrogen and oxygen atoms in total. The second-order valence-corrected chi connectivity index (χ2v) is 4.95. The Hall–Kier alpha value is -2.16. The Kier molecular flexibility index (Phi) is 3.14. The van der Waals surface area contributed by atoms with Crippen LogP contribution in [-0.2, 0) is 0 Å². The normalized spacial score (nSPS) is 10.7. The van der Waals surface area contributed by atoms with Crippen LogP contribution in [0, 0.1) is 27.7 Å². The van der Waals surface area contributed by atoms with E-state index < -0.39 is 0 Å². The lowest BCUT2D eigenvalue weighted by atomic mass is 9.90. The maximum Gasteiger partial charge on any atom is 0.127 e. The molecular formula is C16H18O3. The largest absolute Gasteiger partial charge is 0.508 e. The summed E-state index contributed by atoms with van der Waals surface area (Å²) in [6.07, 6.45) is 0. The smallest absolute Gasteiger partial charge is 0.127 e. The van der Waals surface area contributed by atoms with E-state index in [1.165, 1.54) is 0 Å². The summed E-state index contributed by atoms with van der Waals surface area (Å²) in [6.45, 7) is 7.21. The predicted molar refractivity (Wildman–Crippen MR) is 75.8 cm³/mol. The molecule has 0 fully saturated rings. The lowest BCUT2D eigenvalue weighted by molar-refractivity contribution is 0.451. The van der Waals surface area contributed by atoms with E-state index in [0.29, 0.717) is 22.3 Å². The van der Waals surface area contributed by atoms with Gasteiger partial charge in [-0.3, -0.25) is 0 Å². The van der Waals surface area contributed by atoms with Gasteiger partial charge < -0.3 is 15.3 Å². The zero-order valence-electron chi connectivity index (χ0n) is 11.6. The number of benzene rings is 2. The lowest BCUT2D eigenvalue weighted by Crippen LogP contribution is -1.94. The monoisotopic (exact) mass is 258 g/mol. The van der Waals surface area contributed by atoms with Crippen LogP contribution in [-0.4, -0.2) is 15.3 Å². The zero-order valence-corrected chi connectivity index (χ0v) is 11.6. The number of hydrogen-bond acceptors (Lipinski definition) is 3. The third kappa shape index (κ3) is 2.01. The summed E-state index contributed by atoms with van der Waals surface area (Å²) < 4.78 is 0. The van der Waals surface area contributed by atoms with E-state index in [-0.39, 0.29) is 17.2 Å². The van der Waals surface area contributed by atoms with Gasteiger partial charge in [0.05, 0.1) is 0 Å². The molecule has 0 heterocycles. The number of rotatable bonds is 1. The second-order valence-electron chi connectivity index (χ2n) is 4.95. The van der Waals surface area contributed by atoms with Crippen LogP contribution in [0.5, 0.6) is 17.2 Å². The summed E-state index contributed by atoms with van der Waals surface area (Å²) in [5.41, 5.74) is 4.29. The van der Waals surface area contributed by atoms with Crippen molar-refractivity contribution in [3.8, 4) is 28.4 Å². The molecule has 0 radical (unpaired) electrons. The minimum Gasteiger partial charge on any atom is -0.508 e. The number of phenolic OH excluding ortho intramolecular Hbond substituents is 3. The minimum absolute atomic E-state index is 0.182. The third-order valence-electron chi connectivity index (χ3n) is 3.72. The van der Waals surface area contributed by atoms with Crippen molar-refractivity contribution < 1.29 is 15.3 Å². The van der Waals surface area contributed by atoms with Crippen molar-refractivity contribution in [2.24, 2.45) is 0 Å². The van der Waals surface area contributed by atoms with E-state index in [4.69, 9.17) is 0 Å². The first-order chi connectivity index (χ1) is 8.84. The van der Waals surface area contributed by atoms with Gasteiger partial charge in [-0.1, -0.05) is 6.07 Å². The molecule has 0 spiro atoms. The highest BCUT2D eigenvalue weighted by Gasteiger charge is 2.18. The molecule has 0 aliphatic heterocycles. The van der Waals surface area contributed by atoms with E-state index in [0.717, 1.165) is 11.1 Å². The molecule has 0 bridgehead atoms. The Morgan fingerprint density at radius 3 is 1.89 bits per heavy atom. The zero-order chi connectivity index (χ0) is 14.3. The molecule has 0 saturated heterocycles. The van der Waals surface area contributed by atoms with Gasteiger partial charge in [-0.15, -0.1) is 0 Å². The Balaban J connectivity index is 2.83. The maximum atomic E-state index is 10.4. The van der Waals surface area contributed by atoms with Crippen molar-refractivity contribution in [3.63, 3.8) is 0 Å². The fraction of sp³-hybridized carbons (Fsp3) is 0.250. The van der Waals surface area contributed by atoms with Gasteiger partial charge in [0.2, 0.25) is 0 Å². The lowest BCUT2D eigenvalue weighted by Gasteiger charge is -2.17. The van der Waals surface area contributed by atoms with E-state index in [9.17, 15) is 15.3 Å². The molecule has 0 amide bonds. The fourth-order valence-corrected chi connectivity index (χ4v) is 2.38. The van der Waals surface area contributed by atoms with Crippen LogP contribution in [0.3, 0.4) is 0 Å². The minimum atomic E-state index is 0.182. The summed E-state index contributed by atoms with van der Waals surface area (Å²) in [5, 5.41) is 30.0. The van der Waals surface area contributed by atoms with Gasteiger partial charge in [-0.25, -0.2) is 0 Å². The van der Waals surface area contributed by atoms with Crippen LogP contribution in [0.4, 0.5) is 0 Å². The molecule has 100 valence electrons. The Morgan fingerprint density at radius 1 is 0.737 bits per heavy atom. The standard InChI is InChI=1S/C16H18O3/c1-8-7-12(17)5-6-13(8)14-11(4)15(18)9(2)10(3)16(14)19/h5-7,17-19H,1-4H3. The Morgan fingerprint density at radius 2 is 1.32 bits per heavy atom. The van der Waals surface area contributed by atoms with Gasteiger partial charge in [-0.2, -0.15) is 0 Å². The van der Waals surface area contributed by atoms with Crippen molar-refractivity contribution in [3.05, 3.63) is 40.5 Å². The van der Waals surface area contributed by atoms with E-state index >= 15 is 0 Å². The first kappa shape index (κ1) is 13.3. The van der Waals surface area contributed by atoms with Gasteiger partial charge in [-0.05, 0) is 62.1 Å². The van der Waals surface area contributed by atoms with Crippen LogP contribution in [0.15, 0.2) is 18.2 Å². The topological polar surface area (TPSA) is 60.7 Å². The highest BCUT2D eigenvalue weighted by atomic mass is 16.3. The fourth-order valence-electron chi connectivity index (χ4n) is 2.38. The average molecular weight is 258 g/mol. The summed E-state index contributed by atoms with van der Waals surface area (Å²) in [4.78, 5) is 0. The van der Waals surface area contributed by atoms with Crippen molar-refractivity contribution in [2.75, 3.05) is 0 Å².